The highest BCUT2D eigenvalue weighted by atomic mass is 35.5. The van der Waals surface area contributed by atoms with Crippen LogP contribution in [0.1, 0.15) is 13.3 Å². The highest BCUT2D eigenvalue weighted by molar-refractivity contribution is 6.35. The first kappa shape index (κ1) is 12.3. The van der Waals surface area contributed by atoms with Gasteiger partial charge in [-0.05, 0) is 25.1 Å². The number of amides is 1. The lowest BCUT2D eigenvalue weighted by Crippen LogP contribution is -2.23. The number of nitrogens with two attached hydrogens (primary N) is 1. The van der Waals surface area contributed by atoms with Gasteiger partial charge in [0.1, 0.15) is 0 Å². The van der Waals surface area contributed by atoms with Crippen LogP contribution in [-0.4, -0.2) is 11.9 Å². The van der Waals surface area contributed by atoms with Gasteiger partial charge in [-0.1, -0.05) is 23.2 Å². The van der Waals surface area contributed by atoms with E-state index in [1.54, 1.807) is 25.1 Å². The van der Waals surface area contributed by atoms with E-state index in [4.69, 9.17) is 28.9 Å². The summed E-state index contributed by atoms with van der Waals surface area (Å²) in [4.78, 5) is 11.4. The zero-order valence-electron chi connectivity index (χ0n) is 8.26. The molecule has 1 atom stereocenters. The molecule has 0 aliphatic rings. The summed E-state index contributed by atoms with van der Waals surface area (Å²) < 4.78 is 0. The third-order valence-corrected chi connectivity index (χ3v) is 2.09. The lowest BCUT2D eigenvalue weighted by molar-refractivity contribution is -0.116. The van der Waals surface area contributed by atoms with Gasteiger partial charge in [0.2, 0.25) is 5.91 Å². The van der Waals surface area contributed by atoms with Gasteiger partial charge in [-0.3, -0.25) is 4.79 Å². The van der Waals surface area contributed by atoms with E-state index < -0.39 is 0 Å². The van der Waals surface area contributed by atoms with E-state index in [1.807, 2.05) is 0 Å². The molecule has 0 saturated carbocycles. The molecule has 0 aliphatic carbocycles. The van der Waals surface area contributed by atoms with Gasteiger partial charge in [0.25, 0.3) is 0 Å². The number of carbonyl (C=O) groups excluding carboxylic acids is 1. The topological polar surface area (TPSA) is 55.1 Å². The molecule has 0 radical (unpaired) electrons. The lowest BCUT2D eigenvalue weighted by atomic mass is 10.2. The first-order valence-electron chi connectivity index (χ1n) is 4.49. The van der Waals surface area contributed by atoms with E-state index in [2.05, 4.69) is 5.32 Å². The van der Waals surface area contributed by atoms with Gasteiger partial charge < -0.3 is 11.1 Å². The Labute approximate surface area is 98.5 Å². The van der Waals surface area contributed by atoms with Gasteiger partial charge in [-0.25, -0.2) is 0 Å². The highest BCUT2D eigenvalue weighted by Gasteiger charge is 2.06. The maximum absolute atomic E-state index is 11.4. The monoisotopic (exact) mass is 246 g/mol. The number of hydrogen-bond donors (Lipinski definition) is 2. The van der Waals surface area contributed by atoms with Crippen molar-refractivity contribution in [1.82, 2.24) is 0 Å². The van der Waals surface area contributed by atoms with Gasteiger partial charge in [0.15, 0.2) is 0 Å². The second-order valence-electron chi connectivity index (χ2n) is 3.39. The molecule has 0 fully saturated rings. The highest BCUT2D eigenvalue weighted by Crippen LogP contribution is 2.22. The predicted molar refractivity (Wildman–Crippen MR) is 63.4 cm³/mol. The fraction of sp³-hybridized carbons (Fsp3) is 0.300. The fourth-order valence-corrected chi connectivity index (χ4v) is 1.66. The Balaban J connectivity index is 2.68. The summed E-state index contributed by atoms with van der Waals surface area (Å²) in [7, 11) is 0. The average Bonchev–Trinajstić information content (AvgIpc) is 1.98. The normalized spacial score (nSPS) is 12.3. The summed E-state index contributed by atoms with van der Waals surface area (Å²) in [6.07, 6.45) is 0.268. The van der Waals surface area contributed by atoms with Gasteiger partial charge in [-0.2, -0.15) is 0 Å². The van der Waals surface area contributed by atoms with Crippen LogP contribution < -0.4 is 11.1 Å². The second kappa shape index (κ2) is 5.35. The molecule has 1 amide bonds. The van der Waals surface area contributed by atoms with Crippen LogP contribution >= 0.6 is 23.2 Å². The fourth-order valence-electron chi connectivity index (χ4n) is 1.13. The van der Waals surface area contributed by atoms with Crippen LogP contribution in [0.25, 0.3) is 0 Å². The molecule has 1 aromatic carbocycles. The Bertz CT molecular complexity index is 346. The first-order valence-corrected chi connectivity index (χ1v) is 5.24. The summed E-state index contributed by atoms with van der Waals surface area (Å²) in [6, 6.07) is 4.70. The Morgan fingerprint density at radius 2 is 1.93 bits per heavy atom. The smallest absolute Gasteiger partial charge is 0.225 e. The minimum absolute atomic E-state index is 0.150. The molecular weight excluding hydrogens is 235 g/mol. The zero-order valence-corrected chi connectivity index (χ0v) is 9.77. The number of hydrogen-bond acceptors (Lipinski definition) is 2. The molecular formula is C10H12Cl2N2O. The third-order valence-electron chi connectivity index (χ3n) is 1.65. The molecule has 1 unspecified atom stereocenters. The number of nitrogens with one attached hydrogen (secondary N) is 1. The van der Waals surface area contributed by atoms with Crippen molar-refractivity contribution in [2.24, 2.45) is 5.73 Å². The van der Waals surface area contributed by atoms with E-state index in [-0.39, 0.29) is 18.4 Å². The third kappa shape index (κ3) is 4.51. The molecule has 0 heterocycles. The van der Waals surface area contributed by atoms with Crippen molar-refractivity contribution < 1.29 is 4.79 Å². The van der Waals surface area contributed by atoms with Gasteiger partial charge in [-0.15, -0.1) is 0 Å². The van der Waals surface area contributed by atoms with Crippen LogP contribution in [0.5, 0.6) is 0 Å². The van der Waals surface area contributed by atoms with Crippen LogP contribution in [0.4, 0.5) is 5.69 Å². The molecule has 3 N–H and O–H groups in total. The van der Waals surface area contributed by atoms with Crippen molar-refractivity contribution in [3.05, 3.63) is 28.2 Å². The molecule has 0 aliphatic heterocycles. The van der Waals surface area contributed by atoms with E-state index >= 15 is 0 Å². The Morgan fingerprint density at radius 3 is 2.40 bits per heavy atom. The minimum atomic E-state index is -0.167. The lowest BCUT2D eigenvalue weighted by Gasteiger charge is -2.07. The molecule has 0 spiro atoms. The molecule has 0 bridgehead atoms. The molecule has 15 heavy (non-hydrogen) atoms. The standard InChI is InChI=1S/C10H12Cl2N2O/c1-6(13)2-10(15)14-9-4-7(11)3-8(12)5-9/h3-6H,2,13H2,1H3,(H,14,15). The molecule has 82 valence electrons. The zero-order chi connectivity index (χ0) is 11.4. The predicted octanol–water partition coefficient (Wildman–Crippen LogP) is 2.67. The van der Waals surface area contributed by atoms with Crippen molar-refractivity contribution >= 4 is 34.8 Å². The number of benzene rings is 1. The van der Waals surface area contributed by atoms with Crippen molar-refractivity contribution in [3.63, 3.8) is 0 Å². The Kier molecular flexibility index (Phi) is 4.39. The molecule has 0 saturated heterocycles. The van der Waals surface area contributed by atoms with Crippen LogP contribution in [0.15, 0.2) is 18.2 Å². The molecule has 3 nitrogen and oxygen atoms in total. The second-order valence-corrected chi connectivity index (χ2v) is 4.26. The van der Waals surface area contributed by atoms with E-state index in [0.717, 1.165) is 0 Å². The van der Waals surface area contributed by atoms with Crippen molar-refractivity contribution in [2.45, 2.75) is 19.4 Å². The largest absolute Gasteiger partial charge is 0.327 e. The SMILES string of the molecule is CC(N)CC(=O)Nc1cc(Cl)cc(Cl)c1. The van der Waals surface area contributed by atoms with E-state index in [9.17, 15) is 4.79 Å². The molecule has 1 aromatic rings. The quantitative estimate of drug-likeness (QED) is 0.862. The van der Waals surface area contributed by atoms with Crippen LogP contribution in [0, 0.1) is 0 Å². The van der Waals surface area contributed by atoms with Gasteiger partial charge in [0.05, 0.1) is 0 Å². The molecule has 5 heteroatoms. The van der Waals surface area contributed by atoms with Crippen LogP contribution in [-0.2, 0) is 4.79 Å². The Morgan fingerprint density at radius 1 is 1.40 bits per heavy atom. The Hall–Kier alpha value is -0.770. The van der Waals surface area contributed by atoms with Crippen molar-refractivity contribution in [1.29, 1.82) is 0 Å². The number of anilines is 1. The minimum Gasteiger partial charge on any atom is -0.327 e. The van der Waals surface area contributed by atoms with Crippen molar-refractivity contribution in [3.8, 4) is 0 Å². The number of rotatable bonds is 3. The van der Waals surface area contributed by atoms with E-state index in [0.29, 0.717) is 15.7 Å². The van der Waals surface area contributed by atoms with Crippen molar-refractivity contribution in [2.75, 3.05) is 5.32 Å². The van der Waals surface area contributed by atoms with Gasteiger partial charge >= 0.3 is 0 Å². The summed E-state index contributed by atoms with van der Waals surface area (Å²) in [6.45, 7) is 1.77. The molecule has 1 rings (SSSR count). The maximum Gasteiger partial charge on any atom is 0.225 e. The van der Waals surface area contributed by atoms with Gasteiger partial charge in [0, 0.05) is 28.2 Å². The maximum atomic E-state index is 11.4. The number of halogens is 2. The molecule has 0 aromatic heterocycles. The summed E-state index contributed by atoms with van der Waals surface area (Å²) in [5, 5.41) is 3.64. The summed E-state index contributed by atoms with van der Waals surface area (Å²) in [5.41, 5.74) is 6.08. The average molecular weight is 247 g/mol. The number of carbonyl (C=O) groups is 1. The summed E-state index contributed by atoms with van der Waals surface area (Å²) in [5.74, 6) is -0.150. The van der Waals surface area contributed by atoms with Crippen LogP contribution in [0.3, 0.4) is 0 Å². The first-order chi connectivity index (χ1) is 6.97. The van der Waals surface area contributed by atoms with Crippen LogP contribution in [0.2, 0.25) is 10.0 Å². The summed E-state index contributed by atoms with van der Waals surface area (Å²) >= 11 is 11.6. The van der Waals surface area contributed by atoms with E-state index in [1.165, 1.54) is 0 Å².